The molecule has 1 heterocycles. The quantitative estimate of drug-likeness (QED) is 0.629. The summed E-state index contributed by atoms with van der Waals surface area (Å²) in [6.45, 7) is 1.42. The number of hydrogen-bond donors (Lipinski definition) is 1. The number of hydrogen-bond acceptors (Lipinski definition) is 3. The van der Waals surface area contributed by atoms with E-state index in [1.54, 1.807) is 0 Å². The molecule has 7 heteroatoms. The summed E-state index contributed by atoms with van der Waals surface area (Å²) in [6, 6.07) is 2.29. The minimum Gasteiger partial charge on any atom is -0.316 e. The van der Waals surface area contributed by atoms with E-state index in [1.165, 1.54) is 13.0 Å². The molecule has 0 saturated carbocycles. The lowest BCUT2D eigenvalue weighted by atomic mass is 10.1. The summed E-state index contributed by atoms with van der Waals surface area (Å²) >= 11 is 5.59. The van der Waals surface area contributed by atoms with Crippen LogP contribution in [0.1, 0.15) is 5.56 Å². The first kappa shape index (κ1) is 11.5. The molecule has 0 fully saturated rings. The number of fused-ring (bicyclic) bond motifs is 1. The van der Waals surface area contributed by atoms with Gasteiger partial charge < -0.3 is 4.98 Å². The summed E-state index contributed by atoms with van der Waals surface area (Å²) in [4.78, 5) is 23.6. The molecule has 0 spiro atoms. The maximum atomic E-state index is 13.2. The van der Waals surface area contributed by atoms with Crippen molar-refractivity contribution in [2.24, 2.45) is 0 Å². The van der Waals surface area contributed by atoms with E-state index in [-0.39, 0.29) is 16.1 Å². The second-order valence-corrected chi connectivity index (χ2v) is 3.90. The van der Waals surface area contributed by atoms with E-state index < -0.39 is 22.0 Å². The van der Waals surface area contributed by atoms with E-state index in [0.717, 1.165) is 6.07 Å². The molecule has 2 aromatic rings. The van der Waals surface area contributed by atoms with Crippen LogP contribution in [0, 0.1) is 22.9 Å². The highest BCUT2D eigenvalue weighted by molar-refractivity contribution is 6.31. The van der Waals surface area contributed by atoms with Crippen molar-refractivity contribution in [3.05, 3.63) is 49.0 Å². The van der Waals surface area contributed by atoms with Gasteiger partial charge in [0.05, 0.1) is 15.5 Å². The summed E-state index contributed by atoms with van der Waals surface area (Å²) in [7, 11) is 0. The Morgan fingerprint density at radius 3 is 2.71 bits per heavy atom. The van der Waals surface area contributed by atoms with Gasteiger partial charge in [-0.15, -0.1) is 0 Å². The molecular formula is C10H6ClFN2O3. The molecule has 0 aliphatic carbocycles. The van der Waals surface area contributed by atoms with Gasteiger partial charge in [0.15, 0.2) is 0 Å². The predicted molar refractivity (Wildman–Crippen MR) is 60.9 cm³/mol. The van der Waals surface area contributed by atoms with Crippen molar-refractivity contribution in [2.75, 3.05) is 0 Å². The third-order valence-corrected chi connectivity index (χ3v) is 2.76. The van der Waals surface area contributed by atoms with Gasteiger partial charge in [0.25, 0.3) is 0 Å². The number of rotatable bonds is 1. The van der Waals surface area contributed by atoms with Crippen molar-refractivity contribution in [3.63, 3.8) is 0 Å². The van der Waals surface area contributed by atoms with Crippen LogP contribution >= 0.6 is 11.6 Å². The highest BCUT2D eigenvalue weighted by Crippen LogP contribution is 2.26. The van der Waals surface area contributed by atoms with Crippen molar-refractivity contribution in [2.45, 2.75) is 6.92 Å². The van der Waals surface area contributed by atoms with Crippen molar-refractivity contribution < 1.29 is 9.31 Å². The van der Waals surface area contributed by atoms with Gasteiger partial charge in [0.2, 0.25) is 0 Å². The first-order valence-corrected chi connectivity index (χ1v) is 4.95. The Morgan fingerprint density at radius 2 is 2.12 bits per heavy atom. The van der Waals surface area contributed by atoms with Crippen LogP contribution in [-0.4, -0.2) is 9.91 Å². The highest BCUT2D eigenvalue weighted by atomic mass is 35.5. The third-order valence-electron chi connectivity index (χ3n) is 2.47. The van der Waals surface area contributed by atoms with Gasteiger partial charge in [-0.1, -0.05) is 11.6 Å². The molecular weight excluding hydrogens is 251 g/mol. The lowest BCUT2D eigenvalue weighted by Crippen LogP contribution is -2.13. The van der Waals surface area contributed by atoms with Crippen molar-refractivity contribution in [1.29, 1.82) is 0 Å². The molecule has 0 bridgehead atoms. The molecule has 1 aromatic carbocycles. The maximum absolute atomic E-state index is 13.2. The van der Waals surface area contributed by atoms with Crippen LogP contribution in [-0.2, 0) is 0 Å². The molecule has 0 saturated heterocycles. The number of nitro groups is 1. The van der Waals surface area contributed by atoms with Crippen LogP contribution < -0.4 is 5.56 Å². The molecule has 0 radical (unpaired) electrons. The zero-order valence-corrected chi connectivity index (χ0v) is 9.34. The summed E-state index contributed by atoms with van der Waals surface area (Å²) in [5.74, 6) is -0.692. The van der Waals surface area contributed by atoms with Crippen LogP contribution in [0.3, 0.4) is 0 Å². The summed E-state index contributed by atoms with van der Waals surface area (Å²) in [6.07, 6.45) is 0. The van der Waals surface area contributed by atoms with Crippen molar-refractivity contribution in [3.8, 4) is 0 Å². The average Bonchev–Trinajstić information content (AvgIpc) is 2.21. The first-order chi connectivity index (χ1) is 7.91. The van der Waals surface area contributed by atoms with E-state index in [4.69, 9.17) is 11.6 Å². The fraction of sp³-hybridized carbons (Fsp3) is 0.100. The fourth-order valence-electron chi connectivity index (χ4n) is 1.66. The maximum Gasteiger partial charge on any atom is 0.337 e. The molecule has 1 aromatic heterocycles. The predicted octanol–water partition coefficient (Wildman–Crippen LogP) is 2.54. The minimum absolute atomic E-state index is 0.151. The van der Waals surface area contributed by atoms with Gasteiger partial charge in [-0.25, -0.2) is 4.39 Å². The van der Waals surface area contributed by atoms with Crippen molar-refractivity contribution >= 4 is 28.2 Å². The minimum atomic E-state index is -0.860. The van der Waals surface area contributed by atoms with Crippen molar-refractivity contribution in [1.82, 2.24) is 4.98 Å². The second kappa shape index (κ2) is 3.81. The summed E-state index contributed by atoms with van der Waals surface area (Å²) < 4.78 is 13.2. The van der Waals surface area contributed by atoms with Crippen LogP contribution in [0.5, 0.6) is 0 Å². The molecule has 17 heavy (non-hydrogen) atoms. The van der Waals surface area contributed by atoms with Crippen LogP contribution in [0.25, 0.3) is 10.9 Å². The SMILES string of the molecule is Cc1c([N+](=O)[O-])c(=O)[nH]c2cc(F)c(Cl)cc12. The number of halogens is 2. The van der Waals surface area contributed by atoms with E-state index in [1.807, 2.05) is 0 Å². The molecule has 0 atom stereocenters. The molecule has 0 aliphatic rings. The number of aromatic nitrogens is 1. The Bertz CT molecular complexity index is 696. The van der Waals surface area contributed by atoms with E-state index in [0.29, 0.717) is 5.39 Å². The average molecular weight is 257 g/mol. The van der Waals surface area contributed by atoms with E-state index in [9.17, 15) is 19.3 Å². The number of nitrogens with zero attached hydrogens (tertiary/aromatic N) is 1. The Hall–Kier alpha value is -1.95. The number of pyridine rings is 1. The van der Waals surface area contributed by atoms with Gasteiger partial charge >= 0.3 is 11.2 Å². The molecule has 1 N–H and O–H groups in total. The lowest BCUT2D eigenvalue weighted by molar-refractivity contribution is -0.386. The van der Waals surface area contributed by atoms with E-state index >= 15 is 0 Å². The third kappa shape index (κ3) is 1.76. The number of benzene rings is 1. The lowest BCUT2D eigenvalue weighted by Gasteiger charge is -2.04. The molecule has 0 unspecified atom stereocenters. The topological polar surface area (TPSA) is 76.0 Å². The Kier molecular flexibility index (Phi) is 2.59. The fourth-order valence-corrected chi connectivity index (χ4v) is 1.82. The molecule has 0 aliphatic heterocycles. The standard InChI is InChI=1S/C10H6ClFN2O3/c1-4-5-2-6(11)7(12)3-8(5)13-10(15)9(4)14(16)17/h2-3H,1H3,(H,13,15). The first-order valence-electron chi connectivity index (χ1n) is 4.58. The molecule has 5 nitrogen and oxygen atoms in total. The van der Waals surface area contributed by atoms with Crippen LogP contribution in [0.15, 0.2) is 16.9 Å². The van der Waals surface area contributed by atoms with Gasteiger partial charge in [-0.2, -0.15) is 0 Å². The summed E-state index contributed by atoms with van der Waals surface area (Å²) in [5.41, 5.74) is -1.07. The highest BCUT2D eigenvalue weighted by Gasteiger charge is 2.20. The van der Waals surface area contributed by atoms with Gasteiger partial charge in [0.1, 0.15) is 5.82 Å². The van der Waals surface area contributed by atoms with Crippen LogP contribution in [0.2, 0.25) is 5.02 Å². The van der Waals surface area contributed by atoms with Gasteiger partial charge in [-0.05, 0) is 19.1 Å². The molecule has 0 amide bonds. The zero-order chi connectivity index (χ0) is 12.7. The molecule has 88 valence electrons. The monoisotopic (exact) mass is 256 g/mol. The largest absolute Gasteiger partial charge is 0.337 e. The number of nitrogens with one attached hydrogen (secondary N) is 1. The molecule has 2 rings (SSSR count). The Morgan fingerprint density at radius 1 is 1.47 bits per heavy atom. The van der Waals surface area contributed by atoms with E-state index in [2.05, 4.69) is 4.98 Å². The van der Waals surface area contributed by atoms with Gasteiger partial charge in [0, 0.05) is 10.9 Å². The number of aromatic amines is 1. The zero-order valence-electron chi connectivity index (χ0n) is 8.58. The second-order valence-electron chi connectivity index (χ2n) is 3.50. The van der Waals surface area contributed by atoms with Crippen LogP contribution in [0.4, 0.5) is 10.1 Å². The summed E-state index contributed by atoms with van der Waals surface area (Å²) in [5, 5.41) is 10.9. The Balaban J connectivity index is 2.97. The normalized spacial score (nSPS) is 10.8. The number of H-pyrrole nitrogens is 1. The number of aryl methyl sites for hydroxylation is 1. The van der Waals surface area contributed by atoms with Gasteiger partial charge in [-0.3, -0.25) is 14.9 Å². The Labute approximate surface area is 99.0 Å². The smallest absolute Gasteiger partial charge is 0.316 e.